The molecule has 0 aliphatic heterocycles. The van der Waals surface area contributed by atoms with Crippen molar-refractivity contribution >= 4 is 0 Å². The van der Waals surface area contributed by atoms with E-state index in [0.717, 1.165) is 0 Å². The van der Waals surface area contributed by atoms with Gasteiger partial charge in [0.2, 0.25) is 0 Å². The SMILES string of the molecule is CC.Cc1ncc(-c2ccc(OC(F)(F)F)cc2)o1. The lowest BCUT2D eigenvalue weighted by atomic mass is 10.2. The number of nitrogens with zero attached hydrogens (tertiary/aromatic N) is 1. The number of oxazole rings is 1. The first kappa shape index (κ1) is 15.1. The average Bonchev–Trinajstić information content (AvgIpc) is 2.77. The first-order valence-electron chi connectivity index (χ1n) is 5.73. The van der Waals surface area contributed by atoms with Gasteiger partial charge in [0, 0.05) is 12.5 Å². The summed E-state index contributed by atoms with van der Waals surface area (Å²) in [4.78, 5) is 3.90. The minimum absolute atomic E-state index is 0.266. The molecule has 0 saturated carbocycles. The molecule has 0 saturated heterocycles. The molecule has 0 bridgehead atoms. The molecule has 2 aromatic rings. The monoisotopic (exact) mass is 273 g/mol. The van der Waals surface area contributed by atoms with E-state index in [-0.39, 0.29) is 5.75 Å². The molecule has 104 valence electrons. The van der Waals surface area contributed by atoms with Crippen molar-refractivity contribution in [1.82, 2.24) is 4.98 Å². The van der Waals surface area contributed by atoms with E-state index in [1.807, 2.05) is 13.8 Å². The Morgan fingerprint density at radius 2 is 1.68 bits per heavy atom. The minimum atomic E-state index is -4.68. The Bertz CT molecular complexity index is 503. The van der Waals surface area contributed by atoms with Crippen LogP contribution in [0.3, 0.4) is 0 Å². The van der Waals surface area contributed by atoms with Crippen LogP contribution in [0.1, 0.15) is 19.7 Å². The van der Waals surface area contributed by atoms with Gasteiger partial charge in [-0.1, -0.05) is 13.8 Å². The molecular formula is C13H14F3NO2. The molecule has 2 rings (SSSR count). The first-order valence-corrected chi connectivity index (χ1v) is 5.73. The second-order valence-corrected chi connectivity index (χ2v) is 3.32. The lowest BCUT2D eigenvalue weighted by molar-refractivity contribution is -0.274. The van der Waals surface area contributed by atoms with Gasteiger partial charge in [-0.05, 0) is 24.3 Å². The highest BCUT2D eigenvalue weighted by Gasteiger charge is 2.30. The van der Waals surface area contributed by atoms with Gasteiger partial charge in [-0.15, -0.1) is 13.2 Å². The summed E-state index contributed by atoms with van der Waals surface area (Å²) in [6.07, 6.45) is -3.17. The number of rotatable bonds is 2. The zero-order valence-corrected chi connectivity index (χ0v) is 10.8. The van der Waals surface area contributed by atoms with E-state index in [2.05, 4.69) is 9.72 Å². The summed E-state index contributed by atoms with van der Waals surface area (Å²) in [5.41, 5.74) is 0.639. The summed E-state index contributed by atoms with van der Waals surface area (Å²) in [6, 6.07) is 5.39. The number of aryl methyl sites for hydroxylation is 1. The molecule has 0 fully saturated rings. The molecule has 6 heteroatoms. The molecule has 0 unspecified atom stereocenters. The number of benzene rings is 1. The Balaban J connectivity index is 0.000000861. The number of aromatic nitrogens is 1. The molecule has 0 atom stereocenters. The highest BCUT2D eigenvalue weighted by atomic mass is 19.4. The van der Waals surface area contributed by atoms with Gasteiger partial charge in [0.1, 0.15) is 5.75 Å². The molecule has 0 N–H and O–H groups in total. The van der Waals surface area contributed by atoms with Crippen molar-refractivity contribution in [3.63, 3.8) is 0 Å². The highest BCUT2D eigenvalue weighted by Crippen LogP contribution is 2.26. The van der Waals surface area contributed by atoms with Crippen molar-refractivity contribution in [3.05, 3.63) is 36.4 Å². The number of alkyl halides is 3. The normalized spacial score (nSPS) is 10.6. The second-order valence-electron chi connectivity index (χ2n) is 3.32. The fraction of sp³-hybridized carbons (Fsp3) is 0.308. The van der Waals surface area contributed by atoms with Gasteiger partial charge in [0.15, 0.2) is 11.7 Å². The maximum Gasteiger partial charge on any atom is 0.573 e. The number of hydrogen-bond donors (Lipinski definition) is 0. The largest absolute Gasteiger partial charge is 0.573 e. The van der Waals surface area contributed by atoms with Crippen molar-refractivity contribution in [1.29, 1.82) is 0 Å². The van der Waals surface area contributed by atoms with E-state index in [1.165, 1.54) is 30.5 Å². The van der Waals surface area contributed by atoms with Gasteiger partial charge in [-0.25, -0.2) is 4.98 Å². The van der Waals surface area contributed by atoms with Crippen molar-refractivity contribution in [2.45, 2.75) is 27.1 Å². The molecule has 0 spiro atoms. The third kappa shape index (κ3) is 4.65. The quantitative estimate of drug-likeness (QED) is 0.803. The predicted molar refractivity (Wildman–Crippen MR) is 64.7 cm³/mol. The third-order valence-electron chi connectivity index (χ3n) is 1.99. The molecule has 0 aliphatic carbocycles. The second kappa shape index (κ2) is 6.26. The van der Waals surface area contributed by atoms with Gasteiger partial charge in [0.25, 0.3) is 0 Å². The van der Waals surface area contributed by atoms with Gasteiger partial charge < -0.3 is 9.15 Å². The number of hydrogen-bond acceptors (Lipinski definition) is 3. The van der Waals surface area contributed by atoms with Crippen LogP contribution in [0.4, 0.5) is 13.2 Å². The Morgan fingerprint density at radius 3 is 2.11 bits per heavy atom. The van der Waals surface area contributed by atoms with E-state index in [1.54, 1.807) is 6.92 Å². The lowest BCUT2D eigenvalue weighted by Crippen LogP contribution is -2.16. The molecule has 1 aromatic carbocycles. The smallest absolute Gasteiger partial charge is 0.441 e. The van der Waals surface area contributed by atoms with Crippen LogP contribution >= 0.6 is 0 Å². The van der Waals surface area contributed by atoms with Gasteiger partial charge in [-0.2, -0.15) is 0 Å². The molecule has 3 nitrogen and oxygen atoms in total. The van der Waals surface area contributed by atoms with Crippen LogP contribution < -0.4 is 4.74 Å². The van der Waals surface area contributed by atoms with E-state index in [4.69, 9.17) is 4.42 Å². The van der Waals surface area contributed by atoms with E-state index in [9.17, 15) is 13.2 Å². The summed E-state index contributed by atoms with van der Waals surface area (Å²) >= 11 is 0. The van der Waals surface area contributed by atoms with E-state index >= 15 is 0 Å². The van der Waals surface area contributed by atoms with Crippen molar-refractivity contribution in [2.75, 3.05) is 0 Å². The summed E-state index contributed by atoms with van der Waals surface area (Å²) in [6.45, 7) is 5.69. The minimum Gasteiger partial charge on any atom is -0.441 e. The Kier molecular flexibility index (Phi) is 4.97. The standard InChI is InChI=1S/C11H8F3NO2.C2H6/c1-7-15-6-10(16-7)8-2-4-9(5-3-8)17-11(12,13)14;1-2/h2-6H,1H3;1-2H3. The maximum absolute atomic E-state index is 11.9. The molecule has 0 amide bonds. The van der Waals surface area contributed by atoms with Gasteiger partial charge in [0.05, 0.1) is 6.20 Å². The van der Waals surface area contributed by atoms with Gasteiger partial charge in [-0.3, -0.25) is 0 Å². The summed E-state index contributed by atoms with van der Waals surface area (Å²) in [7, 11) is 0. The fourth-order valence-electron chi connectivity index (χ4n) is 1.32. The van der Waals surface area contributed by atoms with Crippen LogP contribution in [-0.4, -0.2) is 11.3 Å². The zero-order chi connectivity index (χ0) is 14.5. The highest BCUT2D eigenvalue weighted by molar-refractivity contribution is 5.57. The van der Waals surface area contributed by atoms with Gasteiger partial charge >= 0.3 is 6.36 Å². The third-order valence-corrected chi connectivity index (χ3v) is 1.99. The summed E-state index contributed by atoms with van der Waals surface area (Å²) in [5, 5.41) is 0. The first-order chi connectivity index (χ1) is 8.94. The molecule has 1 heterocycles. The Hall–Kier alpha value is -1.98. The van der Waals surface area contributed by atoms with Crippen LogP contribution in [-0.2, 0) is 0 Å². The fourth-order valence-corrected chi connectivity index (χ4v) is 1.32. The lowest BCUT2D eigenvalue weighted by Gasteiger charge is -2.08. The van der Waals surface area contributed by atoms with Crippen molar-refractivity contribution in [3.8, 4) is 17.1 Å². The number of halogens is 3. The predicted octanol–water partition coefficient (Wildman–Crippen LogP) is 4.57. The van der Waals surface area contributed by atoms with Crippen LogP contribution in [0.25, 0.3) is 11.3 Å². The van der Waals surface area contributed by atoms with Crippen molar-refractivity contribution < 1.29 is 22.3 Å². The van der Waals surface area contributed by atoms with Crippen molar-refractivity contribution in [2.24, 2.45) is 0 Å². The van der Waals surface area contributed by atoms with Crippen LogP contribution in [0, 0.1) is 6.92 Å². The average molecular weight is 273 g/mol. The van der Waals surface area contributed by atoms with Crippen LogP contribution in [0.15, 0.2) is 34.9 Å². The summed E-state index contributed by atoms with van der Waals surface area (Å²) in [5.74, 6) is 0.731. The molecular weight excluding hydrogens is 259 g/mol. The molecule has 0 aliphatic rings. The van der Waals surface area contributed by atoms with E-state index < -0.39 is 6.36 Å². The topological polar surface area (TPSA) is 35.3 Å². The summed E-state index contributed by atoms with van der Waals surface area (Å²) < 4.78 is 44.7. The number of ether oxygens (including phenoxy) is 1. The molecule has 1 aromatic heterocycles. The Labute approximate surface area is 109 Å². The molecule has 0 radical (unpaired) electrons. The zero-order valence-electron chi connectivity index (χ0n) is 10.8. The maximum atomic E-state index is 11.9. The van der Waals surface area contributed by atoms with E-state index in [0.29, 0.717) is 17.2 Å². The van der Waals surface area contributed by atoms with Crippen LogP contribution in [0.5, 0.6) is 5.75 Å². The molecule has 19 heavy (non-hydrogen) atoms. The van der Waals surface area contributed by atoms with Crippen LogP contribution in [0.2, 0.25) is 0 Å². The Morgan fingerprint density at radius 1 is 1.11 bits per heavy atom.